The monoisotopic (exact) mass is 466 g/mol. The number of allylic oxidation sites excluding steroid dienone is 4. The molecule has 1 heterocycles. The third-order valence-electron chi connectivity index (χ3n) is 5.65. The molecule has 1 atom stereocenters. The van der Waals surface area contributed by atoms with Gasteiger partial charge in [-0.3, -0.25) is 10.1 Å². The quantitative estimate of drug-likeness (QED) is 0.495. The first-order valence-corrected chi connectivity index (χ1v) is 10.6. The van der Waals surface area contributed by atoms with Crippen LogP contribution in [0.4, 0.5) is 23.4 Å². The Kier molecular flexibility index (Phi) is 7.00. The largest absolute Gasteiger partial charge is 0.498 e. The number of hydrogen-bond acceptors (Lipinski definition) is 4. The number of carbonyl (C=O) groups excluding carboxylic acids is 1. The number of hydrogen-bond donors (Lipinski definition) is 1. The SMILES string of the molecule is CCOC1=CC(c2ccc(CC(=O)Nc3cc(C(C)(C)C(F)(F)F)no3)c(F)c2)=CCC1C. The molecule has 1 aliphatic rings. The van der Waals surface area contributed by atoms with Crippen LogP contribution in [0.25, 0.3) is 5.57 Å². The van der Waals surface area contributed by atoms with E-state index >= 15 is 0 Å². The van der Waals surface area contributed by atoms with Gasteiger partial charge in [-0.05, 0) is 56.0 Å². The number of amides is 1. The van der Waals surface area contributed by atoms with Crippen LogP contribution < -0.4 is 5.32 Å². The molecule has 9 heteroatoms. The van der Waals surface area contributed by atoms with Crippen LogP contribution in [0.3, 0.4) is 0 Å². The van der Waals surface area contributed by atoms with E-state index in [4.69, 9.17) is 9.26 Å². The Hall–Kier alpha value is -3.10. The van der Waals surface area contributed by atoms with Crippen molar-refractivity contribution in [2.75, 3.05) is 11.9 Å². The Balaban J connectivity index is 1.68. The lowest BCUT2D eigenvalue weighted by molar-refractivity contribution is -0.181. The molecule has 0 radical (unpaired) electrons. The summed E-state index contributed by atoms with van der Waals surface area (Å²) in [4.78, 5) is 12.3. The first-order valence-electron chi connectivity index (χ1n) is 10.6. The lowest BCUT2D eigenvalue weighted by Crippen LogP contribution is -2.36. The second kappa shape index (κ2) is 9.41. The second-order valence-electron chi connectivity index (χ2n) is 8.51. The minimum Gasteiger partial charge on any atom is -0.498 e. The zero-order valence-electron chi connectivity index (χ0n) is 18.8. The second-order valence-corrected chi connectivity index (χ2v) is 8.51. The van der Waals surface area contributed by atoms with Gasteiger partial charge in [0.1, 0.15) is 16.9 Å². The number of halogens is 4. The van der Waals surface area contributed by atoms with Gasteiger partial charge < -0.3 is 9.26 Å². The number of alkyl halides is 3. The number of ether oxygens (including phenoxy) is 1. The third kappa shape index (κ3) is 5.46. The van der Waals surface area contributed by atoms with Crippen molar-refractivity contribution in [3.63, 3.8) is 0 Å². The molecule has 1 N–H and O–H groups in total. The van der Waals surface area contributed by atoms with Gasteiger partial charge >= 0.3 is 6.18 Å². The van der Waals surface area contributed by atoms with Gasteiger partial charge in [0.2, 0.25) is 11.8 Å². The fourth-order valence-electron chi connectivity index (χ4n) is 3.32. The Morgan fingerprint density at radius 2 is 2.00 bits per heavy atom. The molecule has 0 spiro atoms. The maximum Gasteiger partial charge on any atom is 0.399 e. The molecule has 1 aromatic carbocycles. The predicted molar refractivity (Wildman–Crippen MR) is 116 cm³/mol. The maximum absolute atomic E-state index is 14.7. The van der Waals surface area contributed by atoms with E-state index in [0.29, 0.717) is 12.2 Å². The molecule has 0 aliphatic heterocycles. The number of aromatic nitrogens is 1. The Bertz CT molecular complexity index is 1080. The molecule has 5 nitrogen and oxygen atoms in total. The maximum atomic E-state index is 14.7. The van der Waals surface area contributed by atoms with Crippen LogP contribution in [-0.2, 0) is 21.4 Å². The van der Waals surface area contributed by atoms with Gasteiger partial charge in [0.25, 0.3) is 0 Å². The summed E-state index contributed by atoms with van der Waals surface area (Å²) < 4.78 is 64.6. The van der Waals surface area contributed by atoms with E-state index in [1.165, 1.54) is 12.1 Å². The van der Waals surface area contributed by atoms with E-state index in [2.05, 4.69) is 17.4 Å². The summed E-state index contributed by atoms with van der Waals surface area (Å²) in [6.45, 7) is 6.43. The van der Waals surface area contributed by atoms with Gasteiger partial charge in [0.15, 0.2) is 0 Å². The molecular formula is C24H26F4N2O3. The molecule has 3 rings (SSSR count). The highest BCUT2D eigenvalue weighted by Crippen LogP contribution is 2.40. The van der Waals surface area contributed by atoms with Crippen LogP contribution in [0.2, 0.25) is 0 Å². The molecule has 33 heavy (non-hydrogen) atoms. The first kappa shape index (κ1) is 24.5. The number of anilines is 1. The Morgan fingerprint density at radius 3 is 2.64 bits per heavy atom. The van der Waals surface area contributed by atoms with Gasteiger partial charge in [-0.25, -0.2) is 4.39 Å². The molecule has 0 fully saturated rings. The van der Waals surface area contributed by atoms with Crippen molar-refractivity contribution in [2.45, 2.75) is 52.1 Å². The van der Waals surface area contributed by atoms with Gasteiger partial charge in [0, 0.05) is 12.0 Å². The van der Waals surface area contributed by atoms with Gasteiger partial charge in [-0.15, -0.1) is 0 Å². The van der Waals surface area contributed by atoms with Crippen LogP contribution in [0.15, 0.2) is 46.7 Å². The molecular weight excluding hydrogens is 440 g/mol. The molecule has 1 aromatic heterocycles. The number of benzene rings is 1. The minimum absolute atomic E-state index is 0.144. The van der Waals surface area contributed by atoms with E-state index < -0.39 is 23.3 Å². The Morgan fingerprint density at radius 1 is 1.27 bits per heavy atom. The summed E-state index contributed by atoms with van der Waals surface area (Å²) in [6.07, 6.45) is -0.181. The van der Waals surface area contributed by atoms with Crippen molar-refractivity contribution in [1.29, 1.82) is 0 Å². The summed E-state index contributed by atoms with van der Waals surface area (Å²) in [5.41, 5.74) is -0.965. The summed E-state index contributed by atoms with van der Waals surface area (Å²) >= 11 is 0. The normalized spacial score (nSPS) is 16.8. The topological polar surface area (TPSA) is 64.4 Å². The fraction of sp³-hybridized carbons (Fsp3) is 0.417. The number of carbonyl (C=O) groups is 1. The van der Waals surface area contributed by atoms with Crippen molar-refractivity contribution < 1.29 is 31.6 Å². The van der Waals surface area contributed by atoms with E-state index in [-0.39, 0.29) is 29.5 Å². The first-order chi connectivity index (χ1) is 15.4. The summed E-state index contributed by atoms with van der Waals surface area (Å²) in [5.74, 6) is -0.346. The molecule has 0 saturated heterocycles. The molecule has 1 aliphatic carbocycles. The summed E-state index contributed by atoms with van der Waals surface area (Å²) in [6, 6.07) is 5.59. The molecule has 1 unspecified atom stereocenters. The van der Waals surface area contributed by atoms with E-state index in [1.54, 1.807) is 6.07 Å². The number of rotatable bonds is 7. The summed E-state index contributed by atoms with van der Waals surface area (Å²) in [5, 5.41) is 5.74. The van der Waals surface area contributed by atoms with E-state index in [0.717, 1.165) is 37.7 Å². The standard InChI is InChI=1S/C24H26F4N2O3/c1-5-32-19-11-16(7-6-14(19)2)15-8-9-17(18(25)10-15)12-21(31)29-22-13-20(30-33-22)23(3,4)24(26,27)28/h7-11,13-14H,5-6,12H2,1-4H3,(H,29,31). The lowest BCUT2D eigenvalue weighted by atomic mass is 9.89. The van der Waals surface area contributed by atoms with Crippen LogP contribution in [0.5, 0.6) is 0 Å². The predicted octanol–water partition coefficient (Wildman–Crippen LogP) is 6.18. The average molecular weight is 466 g/mol. The number of nitrogens with zero attached hydrogens (tertiary/aromatic N) is 1. The van der Waals surface area contributed by atoms with Crippen LogP contribution in [0.1, 0.15) is 50.9 Å². The van der Waals surface area contributed by atoms with Crippen LogP contribution >= 0.6 is 0 Å². The Labute approximate surface area is 189 Å². The zero-order valence-corrected chi connectivity index (χ0v) is 18.8. The van der Waals surface area contributed by atoms with Crippen molar-refractivity contribution in [3.05, 3.63) is 64.8 Å². The van der Waals surface area contributed by atoms with Gasteiger partial charge in [0.05, 0.1) is 18.8 Å². The molecule has 1 amide bonds. The smallest absolute Gasteiger partial charge is 0.399 e. The molecule has 2 aromatic rings. The third-order valence-corrected chi connectivity index (χ3v) is 5.65. The van der Waals surface area contributed by atoms with Crippen molar-refractivity contribution in [2.24, 2.45) is 5.92 Å². The molecule has 0 bridgehead atoms. The minimum atomic E-state index is -4.54. The fourth-order valence-corrected chi connectivity index (χ4v) is 3.32. The van der Waals surface area contributed by atoms with Crippen molar-refractivity contribution >= 4 is 17.4 Å². The van der Waals surface area contributed by atoms with Gasteiger partial charge in [-0.1, -0.05) is 30.3 Å². The summed E-state index contributed by atoms with van der Waals surface area (Å²) in [7, 11) is 0. The highest BCUT2D eigenvalue weighted by Gasteiger charge is 2.50. The molecule has 0 saturated carbocycles. The highest BCUT2D eigenvalue weighted by atomic mass is 19.4. The van der Waals surface area contributed by atoms with Crippen molar-refractivity contribution in [3.8, 4) is 0 Å². The van der Waals surface area contributed by atoms with Crippen LogP contribution in [-0.4, -0.2) is 23.8 Å². The van der Waals surface area contributed by atoms with E-state index in [9.17, 15) is 22.4 Å². The van der Waals surface area contributed by atoms with Gasteiger partial charge in [-0.2, -0.15) is 13.2 Å². The van der Waals surface area contributed by atoms with Crippen LogP contribution in [0, 0.1) is 11.7 Å². The zero-order chi connectivity index (χ0) is 24.4. The molecule has 178 valence electrons. The lowest BCUT2D eigenvalue weighted by Gasteiger charge is -2.24. The van der Waals surface area contributed by atoms with E-state index in [1.807, 2.05) is 19.1 Å². The van der Waals surface area contributed by atoms with Crippen molar-refractivity contribution in [1.82, 2.24) is 5.16 Å². The highest BCUT2D eigenvalue weighted by molar-refractivity contribution is 5.91. The average Bonchev–Trinajstić information content (AvgIpc) is 3.19. The number of nitrogens with one attached hydrogen (secondary N) is 1.